The molecule has 1 amide bonds. The van der Waals surface area contributed by atoms with Gasteiger partial charge >= 0.3 is 0 Å². The molecule has 6 heteroatoms. The van der Waals surface area contributed by atoms with Gasteiger partial charge in [0.2, 0.25) is 0 Å². The second-order valence-corrected chi connectivity index (χ2v) is 5.34. The summed E-state index contributed by atoms with van der Waals surface area (Å²) >= 11 is 0. The maximum absolute atomic E-state index is 12.2. The molecule has 1 aliphatic carbocycles. The van der Waals surface area contributed by atoms with Gasteiger partial charge in [0.25, 0.3) is 5.91 Å². The molecule has 2 unspecified atom stereocenters. The van der Waals surface area contributed by atoms with Gasteiger partial charge < -0.3 is 10.4 Å². The highest BCUT2D eigenvalue weighted by molar-refractivity contribution is 5.92. The first-order valence-corrected chi connectivity index (χ1v) is 7.17. The molecule has 0 radical (unpaired) electrons. The summed E-state index contributed by atoms with van der Waals surface area (Å²) in [4.78, 5) is 12.2. The molecule has 2 atom stereocenters. The van der Waals surface area contributed by atoms with Crippen LogP contribution in [0.3, 0.4) is 0 Å². The molecule has 0 aliphatic heterocycles. The van der Waals surface area contributed by atoms with Gasteiger partial charge in [-0.2, -0.15) is 0 Å². The van der Waals surface area contributed by atoms with E-state index in [1.165, 1.54) is 0 Å². The van der Waals surface area contributed by atoms with Gasteiger partial charge in [-0.1, -0.05) is 29.8 Å². The minimum atomic E-state index is -0.234. The van der Waals surface area contributed by atoms with Gasteiger partial charge in [0.1, 0.15) is 0 Å². The van der Waals surface area contributed by atoms with Crippen LogP contribution in [0.15, 0.2) is 36.5 Å². The van der Waals surface area contributed by atoms with Crippen LogP contribution < -0.4 is 5.32 Å². The van der Waals surface area contributed by atoms with Gasteiger partial charge in [0, 0.05) is 18.6 Å². The first-order chi connectivity index (χ1) is 10.3. The summed E-state index contributed by atoms with van der Waals surface area (Å²) < 4.78 is 1.58. The zero-order valence-electron chi connectivity index (χ0n) is 11.6. The molecule has 2 aromatic rings. The highest BCUT2D eigenvalue weighted by atomic mass is 16.3. The van der Waals surface area contributed by atoms with Crippen molar-refractivity contribution in [3.05, 3.63) is 42.2 Å². The van der Waals surface area contributed by atoms with E-state index in [9.17, 15) is 9.90 Å². The number of para-hydroxylation sites is 1. The summed E-state index contributed by atoms with van der Waals surface area (Å²) in [5.41, 5.74) is 1.15. The smallest absolute Gasteiger partial charge is 0.273 e. The van der Waals surface area contributed by atoms with E-state index in [1.807, 2.05) is 30.3 Å². The summed E-state index contributed by atoms with van der Waals surface area (Å²) in [6.45, 7) is 0.113. The van der Waals surface area contributed by atoms with E-state index < -0.39 is 0 Å². The lowest BCUT2D eigenvalue weighted by molar-refractivity contribution is 0.0911. The lowest BCUT2D eigenvalue weighted by atomic mass is 10.1. The lowest BCUT2D eigenvalue weighted by Crippen LogP contribution is -2.38. The van der Waals surface area contributed by atoms with Crippen molar-refractivity contribution in [1.29, 1.82) is 0 Å². The van der Waals surface area contributed by atoms with Crippen LogP contribution in [0.1, 0.15) is 29.8 Å². The minimum Gasteiger partial charge on any atom is -0.396 e. The number of amides is 1. The number of aliphatic hydroxyl groups is 1. The van der Waals surface area contributed by atoms with Gasteiger partial charge in [-0.15, -0.1) is 5.10 Å². The Morgan fingerprint density at radius 3 is 2.90 bits per heavy atom. The Labute approximate surface area is 122 Å². The van der Waals surface area contributed by atoms with Gasteiger partial charge in [-0.25, -0.2) is 4.68 Å². The monoisotopic (exact) mass is 286 g/mol. The Morgan fingerprint density at radius 2 is 2.14 bits per heavy atom. The van der Waals surface area contributed by atoms with Gasteiger partial charge in [0.05, 0.1) is 11.9 Å². The van der Waals surface area contributed by atoms with Crippen molar-refractivity contribution >= 4 is 5.91 Å². The van der Waals surface area contributed by atoms with Crippen LogP contribution in [0.25, 0.3) is 5.69 Å². The molecule has 6 nitrogen and oxygen atoms in total. The minimum absolute atomic E-state index is 0.0318. The van der Waals surface area contributed by atoms with E-state index >= 15 is 0 Å². The number of carbonyl (C=O) groups excluding carboxylic acids is 1. The first kappa shape index (κ1) is 13.8. The van der Waals surface area contributed by atoms with E-state index in [0.29, 0.717) is 5.69 Å². The molecule has 1 heterocycles. The molecule has 0 bridgehead atoms. The number of hydrogen-bond donors (Lipinski definition) is 2. The number of nitrogens with zero attached hydrogens (tertiary/aromatic N) is 3. The molecule has 0 saturated heterocycles. The summed E-state index contributed by atoms with van der Waals surface area (Å²) in [7, 11) is 0. The third-order valence-corrected chi connectivity index (χ3v) is 3.96. The first-order valence-electron chi connectivity index (χ1n) is 7.17. The lowest BCUT2D eigenvalue weighted by Gasteiger charge is -2.17. The second kappa shape index (κ2) is 6.05. The molecular weight excluding hydrogens is 268 g/mol. The highest BCUT2D eigenvalue weighted by Crippen LogP contribution is 2.25. The van der Waals surface area contributed by atoms with E-state index in [0.717, 1.165) is 24.9 Å². The second-order valence-electron chi connectivity index (χ2n) is 5.34. The van der Waals surface area contributed by atoms with Gasteiger partial charge in [-0.05, 0) is 25.0 Å². The molecule has 1 fully saturated rings. The Hall–Kier alpha value is -2.21. The fourth-order valence-corrected chi connectivity index (χ4v) is 2.76. The number of nitrogens with one attached hydrogen (secondary N) is 1. The molecule has 0 spiro atoms. The average molecular weight is 286 g/mol. The SMILES string of the molecule is O=C(NC1CCCC1CO)c1cn(-c2ccccc2)nn1. The van der Waals surface area contributed by atoms with Crippen molar-refractivity contribution in [3.8, 4) is 5.69 Å². The normalized spacial score (nSPS) is 21.4. The zero-order valence-corrected chi connectivity index (χ0v) is 11.6. The molecule has 1 saturated carbocycles. The highest BCUT2D eigenvalue weighted by Gasteiger charge is 2.28. The predicted molar refractivity (Wildman–Crippen MR) is 77.0 cm³/mol. The largest absolute Gasteiger partial charge is 0.396 e. The number of hydrogen-bond acceptors (Lipinski definition) is 4. The van der Waals surface area contributed by atoms with Crippen molar-refractivity contribution in [2.75, 3.05) is 6.61 Å². The Morgan fingerprint density at radius 1 is 1.33 bits per heavy atom. The van der Waals surface area contributed by atoms with Crippen LogP contribution in [-0.4, -0.2) is 38.7 Å². The van der Waals surface area contributed by atoms with Crippen LogP contribution >= 0.6 is 0 Å². The Balaban J connectivity index is 1.70. The quantitative estimate of drug-likeness (QED) is 0.884. The third kappa shape index (κ3) is 2.95. The maximum Gasteiger partial charge on any atom is 0.273 e. The van der Waals surface area contributed by atoms with E-state index in [1.54, 1.807) is 10.9 Å². The van der Waals surface area contributed by atoms with E-state index in [4.69, 9.17) is 0 Å². The fraction of sp³-hybridized carbons (Fsp3) is 0.400. The van der Waals surface area contributed by atoms with Crippen LogP contribution in [-0.2, 0) is 0 Å². The van der Waals surface area contributed by atoms with Crippen molar-refractivity contribution in [2.45, 2.75) is 25.3 Å². The Kier molecular flexibility index (Phi) is 3.96. The van der Waals surface area contributed by atoms with Crippen LogP contribution in [0.4, 0.5) is 0 Å². The van der Waals surface area contributed by atoms with Crippen molar-refractivity contribution in [2.24, 2.45) is 5.92 Å². The molecule has 3 rings (SSSR count). The number of benzene rings is 1. The average Bonchev–Trinajstić information content (AvgIpc) is 3.17. The molecule has 1 aromatic heterocycles. The van der Waals surface area contributed by atoms with Crippen LogP contribution in [0.2, 0.25) is 0 Å². The predicted octanol–water partition coefficient (Wildman–Crippen LogP) is 1.16. The molecule has 110 valence electrons. The number of rotatable bonds is 4. The number of aliphatic hydroxyl groups excluding tert-OH is 1. The summed E-state index contributed by atoms with van der Waals surface area (Å²) in [6.07, 6.45) is 4.52. The molecule has 2 N–H and O–H groups in total. The standard InChI is InChI=1S/C15H18N4O2/c20-10-11-5-4-8-13(11)16-15(21)14-9-19(18-17-14)12-6-2-1-3-7-12/h1-3,6-7,9,11,13,20H,4-5,8,10H2,(H,16,21). The summed E-state index contributed by atoms with van der Waals surface area (Å²) in [6, 6.07) is 9.56. The van der Waals surface area contributed by atoms with Crippen molar-refractivity contribution in [1.82, 2.24) is 20.3 Å². The topological polar surface area (TPSA) is 80.0 Å². The maximum atomic E-state index is 12.2. The zero-order chi connectivity index (χ0) is 14.7. The molecular formula is C15H18N4O2. The van der Waals surface area contributed by atoms with E-state index in [-0.39, 0.29) is 24.5 Å². The molecule has 21 heavy (non-hydrogen) atoms. The van der Waals surface area contributed by atoms with Gasteiger partial charge in [0.15, 0.2) is 5.69 Å². The van der Waals surface area contributed by atoms with Crippen LogP contribution in [0.5, 0.6) is 0 Å². The van der Waals surface area contributed by atoms with Crippen molar-refractivity contribution in [3.63, 3.8) is 0 Å². The van der Waals surface area contributed by atoms with Crippen LogP contribution in [0, 0.1) is 5.92 Å². The number of carbonyl (C=O) groups is 1. The van der Waals surface area contributed by atoms with E-state index in [2.05, 4.69) is 15.6 Å². The Bertz CT molecular complexity index is 611. The fourth-order valence-electron chi connectivity index (χ4n) is 2.76. The third-order valence-electron chi connectivity index (χ3n) is 3.96. The van der Waals surface area contributed by atoms with Crippen molar-refractivity contribution < 1.29 is 9.90 Å². The summed E-state index contributed by atoms with van der Waals surface area (Å²) in [5.74, 6) is -0.0827. The summed E-state index contributed by atoms with van der Waals surface area (Å²) in [5, 5.41) is 20.1. The molecule has 1 aromatic carbocycles. The van der Waals surface area contributed by atoms with Gasteiger partial charge in [-0.3, -0.25) is 4.79 Å². The number of aromatic nitrogens is 3. The molecule has 1 aliphatic rings.